The molecule has 0 fully saturated rings. The molecule has 0 saturated carbocycles. The molecule has 1 aromatic rings. The van der Waals surface area contributed by atoms with Crippen molar-refractivity contribution in [3.05, 3.63) is 24.0 Å². The van der Waals surface area contributed by atoms with E-state index >= 15 is 0 Å². The van der Waals surface area contributed by atoms with Gasteiger partial charge in [-0.15, -0.1) is 0 Å². The highest BCUT2D eigenvalue weighted by Gasteiger charge is 2.07. The Hall–Kier alpha value is -1.25. The molecule has 1 heterocycles. The topological polar surface area (TPSA) is 53.1 Å². The zero-order valence-corrected chi connectivity index (χ0v) is 7.08. The summed E-state index contributed by atoms with van der Waals surface area (Å²) in [6.45, 7) is 1.95. The Balaban J connectivity index is 2.36. The lowest BCUT2D eigenvalue weighted by atomic mass is 10.0. The van der Waals surface area contributed by atoms with Crippen molar-refractivity contribution in [2.24, 2.45) is 5.92 Å². The molecule has 2 N–H and O–H groups in total. The predicted octanol–water partition coefficient (Wildman–Crippen LogP) is 1.67. The van der Waals surface area contributed by atoms with Crippen molar-refractivity contribution in [3.63, 3.8) is 0 Å². The molecule has 0 aliphatic carbocycles. The molecule has 1 rings (SSSR count). The van der Waals surface area contributed by atoms with E-state index in [0.29, 0.717) is 0 Å². The number of H-pyrrole nitrogens is 1. The van der Waals surface area contributed by atoms with Crippen molar-refractivity contribution in [3.8, 4) is 0 Å². The molecule has 0 aliphatic rings. The average Bonchev–Trinajstić information content (AvgIpc) is 2.37. The summed E-state index contributed by atoms with van der Waals surface area (Å²) in [6, 6.07) is 1.97. The standard InChI is InChI=1S/C9H13NO2/c1-7(5-9(11)12)4-8-2-3-10-6-8/h2-3,6-7,10H,4-5H2,1H3,(H,11,12). The molecule has 0 aromatic carbocycles. The summed E-state index contributed by atoms with van der Waals surface area (Å²) in [6.07, 6.45) is 4.82. The van der Waals surface area contributed by atoms with Crippen LogP contribution >= 0.6 is 0 Å². The molecular formula is C9H13NO2. The van der Waals surface area contributed by atoms with Crippen molar-refractivity contribution in [1.29, 1.82) is 0 Å². The Morgan fingerprint density at radius 2 is 2.50 bits per heavy atom. The maximum absolute atomic E-state index is 10.3. The molecule has 66 valence electrons. The second kappa shape index (κ2) is 3.95. The van der Waals surface area contributed by atoms with Gasteiger partial charge in [-0.2, -0.15) is 0 Å². The normalized spacial score (nSPS) is 12.8. The SMILES string of the molecule is CC(CC(=O)O)Cc1cc[nH]c1. The summed E-state index contributed by atoms with van der Waals surface area (Å²) < 4.78 is 0. The highest BCUT2D eigenvalue weighted by molar-refractivity contribution is 5.66. The van der Waals surface area contributed by atoms with Crippen molar-refractivity contribution < 1.29 is 9.90 Å². The average molecular weight is 167 g/mol. The number of carboxylic acid groups (broad SMARTS) is 1. The Kier molecular flexibility index (Phi) is 2.91. The van der Waals surface area contributed by atoms with Crippen LogP contribution in [0.15, 0.2) is 18.5 Å². The van der Waals surface area contributed by atoms with Gasteiger partial charge < -0.3 is 10.1 Å². The first kappa shape index (κ1) is 8.84. The minimum Gasteiger partial charge on any atom is -0.481 e. The second-order valence-electron chi connectivity index (χ2n) is 3.13. The van der Waals surface area contributed by atoms with Gasteiger partial charge >= 0.3 is 5.97 Å². The Morgan fingerprint density at radius 1 is 1.75 bits per heavy atom. The summed E-state index contributed by atoms with van der Waals surface area (Å²) in [5.74, 6) is -0.517. The van der Waals surface area contributed by atoms with Crippen LogP contribution < -0.4 is 0 Å². The number of hydrogen-bond donors (Lipinski definition) is 2. The van der Waals surface area contributed by atoms with E-state index in [4.69, 9.17) is 5.11 Å². The first-order valence-electron chi connectivity index (χ1n) is 4.02. The van der Waals surface area contributed by atoms with Crippen LogP contribution in [0.5, 0.6) is 0 Å². The Bertz CT molecular complexity index is 241. The van der Waals surface area contributed by atoms with E-state index in [-0.39, 0.29) is 12.3 Å². The van der Waals surface area contributed by atoms with Gasteiger partial charge in [0.2, 0.25) is 0 Å². The highest BCUT2D eigenvalue weighted by atomic mass is 16.4. The number of hydrogen-bond acceptors (Lipinski definition) is 1. The van der Waals surface area contributed by atoms with E-state index in [1.54, 1.807) is 0 Å². The largest absolute Gasteiger partial charge is 0.481 e. The van der Waals surface area contributed by atoms with E-state index in [0.717, 1.165) is 6.42 Å². The fraction of sp³-hybridized carbons (Fsp3) is 0.444. The first-order chi connectivity index (χ1) is 5.68. The lowest BCUT2D eigenvalue weighted by Gasteiger charge is -2.05. The zero-order valence-electron chi connectivity index (χ0n) is 7.08. The number of aromatic amines is 1. The summed E-state index contributed by atoms with van der Waals surface area (Å²) in [7, 11) is 0. The summed E-state index contributed by atoms with van der Waals surface area (Å²) in [5, 5.41) is 8.50. The molecule has 0 bridgehead atoms. The van der Waals surface area contributed by atoms with Gasteiger partial charge in [-0.25, -0.2) is 0 Å². The van der Waals surface area contributed by atoms with Gasteiger partial charge in [-0.3, -0.25) is 4.79 Å². The molecule has 0 aliphatic heterocycles. The third-order valence-corrected chi connectivity index (χ3v) is 1.77. The summed E-state index contributed by atoms with van der Waals surface area (Å²) in [5.41, 5.74) is 1.17. The maximum atomic E-state index is 10.3. The van der Waals surface area contributed by atoms with E-state index in [1.165, 1.54) is 5.56 Å². The summed E-state index contributed by atoms with van der Waals surface area (Å²) in [4.78, 5) is 13.3. The van der Waals surface area contributed by atoms with Crippen molar-refractivity contribution >= 4 is 5.97 Å². The number of carboxylic acids is 1. The smallest absolute Gasteiger partial charge is 0.303 e. The molecular weight excluding hydrogens is 154 g/mol. The van der Waals surface area contributed by atoms with Gasteiger partial charge in [-0.05, 0) is 24.0 Å². The number of aromatic nitrogens is 1. The predicted molar refractivity (Wildman–Crippen MR) is 45.9 cm³/mol. The summed E-state index contributed by atoms with van der Waals surface area (Å²) >= 11 is 0. The Labute approximate surface area is 71.4 Å². The van der Waals surface area contributed by atoms with Crippen LogP contribution in [0.4, 0.5) is 0 Å². The van der Waals surface area contributed by atoms with E-state index < -0.39 is 5.97 Å². The van der Waals surface area contributed by atoms with Gasteiger partial charge in [0.25, 0.3) is 0 Å². The fourth-order valence-corrected chi connectivity index (χ4v) is 1.26. The van der Waals surface area contributed by atoms with Crippen LogP contribution in [0, 0.1) is 5.92 Å². The minimum atomic E-state index is -0.724. The van der Waals surface area contributed by atoms with Crippen LogP contribution in [0.1, 0.15) is 18.9 Å². The lowest BCUT2D eigenvalue weighted by Crippen LogP contribution is -2.06. The molecule has 0 radical (unpaired) electrons. The molecule has 0 saturated heterocycles. The maximum Gasteiger partial charge on any atom is 0.303 e. The van der Waals surface area contributed by atoms with Gasteiger partial charge in [-0.1, -0.05) is 6.92 Å². The third kappa shape index (κ3) is 2.78. The monoisotopic (exact) mass is 167 g/mol. The van der Waals surface area contributed by atoms with Crippen molar-refractivity contribution in [2.45, 2.75) is 19.8 Å². The quantitative estimate of drug-likeness (QED) is 0.716. The van der Waals surface area contributed by atoms with Crippen LogP contribution in [-0.4, -0.2) is 16.1 Å². The number of nitrogens with one attached hydrogen (secondary N) is 1. The molecule has 3 heteroatoms. The van der Waals surface area contributed by atoms with Gasteiger partial charge in [0.15, 0.2) is 0 Å². The van der Waals surface area contributed by atoms with E-state index in [2.05, 4.69) is 4.98 Å². The number of rotatable bonds is 4. The molecule has 1 unspecified atom stereocenters. The van der Waals surface area contributed by atoms with Crippen molar-refractivity contribution in [2.75, 3.05) is 0 Å². The fourth-order valence-electron chi connectivity index (χ4n) is 1.26. The molecule has 0 spiro atoms. The van der Waals surface area contributed by atoms with Crippen LogP contribution in [0.3, 0.4) is 0 Å². The zero-order chi connectivity index (χ0) is 8.97. The molecule has 0 amide bonds. The first-order valence-corrected chi connectivity index (χ1v) is 4.02. The van der Waals surface area contributed by atoms with E-state index in [9.17, 15) is 4.79 Å². The van der Waals surface area contributed by atoms with Gasteiger partial charge in [0, 0.05) is 18.8 Å². The highest BCUT2D eigenvalue weighted by Crippen LogP contribution is 2.10. The second-order valence-corrected chi connectivity index (χ2v) is 3.13. The molecule has 3 nitrogen and oxygen atoms in total. The Morgan fingerprint density at radius 3 is 3.00 bits per heavy atom. The molecule has 1 atom stereocenters. The number of carbonyl (C=O) groups is 1. The minimum absolute atomic E-state index is 0.207. The van der Waals surface area contributed by atoms with Crippen LogP contribution in [0.2, 0.25) is 0 Å². The van der Waals surface area contributed by atoms with Gasteiger partial charge in [0.1, 0.15) is 0 Å². The van der Waals surface area contributed by atoms with Crippen molar-refractivity contribution in [1.82, 2.24) is 4.98 Å². The van der Waals surface area contributed by atoms with Crippen LogP contribution in [0.25, 0.3) is 0 Å². The molecule has 1 aromatic heterocycles. The number of aliphatic carboxylic acids is 1. The lowest BCUT2D eigenvalue weighted by molar-refractivity contribution is -0.137. The van der Waals surface area contributed by atoms with E-state index in [1.807, 2.05) is 25.4 Å². The van der Waals surface area contributed by atoms with Gasteiger partial charge in [0.05, 0.1) is 0 Å². The third-order valence-electron chi connectivity index (χ3n) is 1.77. The molecule has 12 heavy (non-hydrogen) atoms. The van der Waals surface area contributed by atoms with Crippen LogP contribution in [-0.2, 0) is 11.2 Å².